The first kappa shape index (κ1) is 16.1. The van der Waals surface area contributed by atoms with Crippen molar-refractivity contribution in [2.45, 2.75) is 10.5 Å². The molecular formula is C15H14FNO4S. The molecule has 0 heterocycles. The van der Waals surface area contributed by atoms with Crippen molar-refractivity contribution in [1.82, 2.24) is 0 Å². The number of primary amides is 1. The van der Waals surface area contributed by atoms with Crippen molar-refractivity contribution >= 4 is 15.7 Å². The Bertz CT molecular complexity index is 821. The number of hydrogen-bond donors (Lipinski definition) is 2. The summed E-state index contributed by atoms with van der Waals surface area (Å²) >= 11 is 0. The Morgan fingerprint density at radius 3 is 2.18 bits per heavy atom. The SMILES string of the molecule is CS(=O)(=O)c1ccc(C(O)(C(N)=O)c2ccccc2)cc1F. The van der Waals surface area contributed by atoms with Crippen LogP contribution in [-0.2, 0) is 20.2 Å². The van der Waals surface area contributed by atoms with Crippen LogP contribution in [0.5, 0.6) is 0 Å². The van der Waals surface area contributed by atoms with Gasteiger partial charge in [-0.15, -0.1) is 0 Å². The smallest absolute Gasteiger partial charge is 0.258 e. The number of benzene rings is 2. The molecule has 0 aromatic heterocycles. The molecule has 1 amide bonds. The van der Waals surface area contributed by atoms with Crippen molar-refractivity contribution in [1.29, 1.82) is 0 Å². The maximum absolute atomic E-state index is 14.0. The molecule has 2 aromatic rings. The van der Waals surface area contributed by atoms with Gasteiger partial charge in [0.15, 0.2) is 15.4 Å². The molecule has 0 aliphatic rings. The summed E-state index contributed by atoms with van der Waals surface area (Å²) in [6.45, 7) is 0. The van der Waals surface area contributed by atoms with Gasteiger partial charge in [0.2, 0.25) is 0 Å². The van der Waals surface area contributed by atoms with Gasteiger partial charge in [-0.05, 0) is 17.7 Å². The topological polar surface area (TPSA) is 97.5 Å². The number of amides is 1. The summed E-state index contributed by atoms with van der Waals surface area (Å²) in [7, 11) is -3.75. The largest absolute Gasteiger partial charge is 0.372 e. The molecule has 0 aliphatic carbocycles. The van der Waals surface area contributed by atoms with Crippen LogP contribution in [0.3, 0.4) is 0 Å². The average molecular weight is 323 g/mol. The first-order valence-corrected chi connectivity index (χ1v) is 8.14. The molecule has 2 aromatic carbocycles. The summed E-state index contributed by atoms with van der Waals surface area (Å²) in [6, 6.07) is 10.7. The molecule has 5 nitrogen and oxygen atoms in total. The van der Waals surface area contributed by atoms with Crippen molar-refractivity contribution in [2.75, 3.05) is 6.26 Å². The second-order valence-electron chi connectivity index (χ2n) is 4.86. The number of carbonyl (C=O) groups is 1. The van der Waals surface area contributed by atoms with Crippen LogP contribution in [-0.4, -0.2) is 25.7 Å². The zero-order valence-electron chi connectivity index (χ0n) is 11.7. The van der Waals surface area contributed by atoms with Crippen LogP contribution >= 0.6 is 0 Å². The molecular weight excluding hydrogens is 309 g/mol. The normalized spacial score (nSPS) is 14.3. The Labute approximate surface area is 127 Å². The van der Waals surface area contributed by atoms with Gasteiger partial charge in [0.05, 0.1) is 0 Å². The zero-order valence-corrected chi connectivity index (χ0v) is 12.5. The Kier molecular flexibility index (Phi) is 4.04. The van der Waals surface area contributed by atoms with E-state index in [1.54, 1.807) is 18.2 Å². The number of carbonyl (C=O) groups excluding carboxylic acids is 1. The van der Waals surface area contributed by atoms with E-state index in [1.165, 1.54) is 12.1 Å². The maximum atomic E-state index is 14.0. The van der Waals surface area contributed by atoms with E-state index in [4.69, 9.17) is 5.73 Å². The predicted molar refractivity (Wildman–Crippen MR) is 78.1 cm³/mol. The summed E-state index contributed by atoms with van der Waals surface area (Å²) in [4.78, 5) is 11.2. The summed E-state index contributed by atoms with van der Waals surface area (Å²) in [5.74, 6) is -2.15. The van der Waals surface area contributed by atoms with Crippen molar-refractivity contribution in [3.05, 3.63) is 65.5 Å². The fourth-order valence-corrected chi connectivity index (χ4v) is 2.89. The van der Waals surface area contributed by atoms with Crippen molar-refractivity contribution < 1.29 is 22.7 Å². The number of halogens is 1. The molecule has 0 spiro atoms. The third-order valence-corrected chi connectivity index (χ3v) is 4.43. The van der Waals surface area contributed by atoms with Gasteiger partial charge in [-0.3, -0.25) is 4.79 Å². The third kappa shape index (κ3) is 2.72. The molecule has 0 aliphatic heterocycles. The first-order chi connectivity index (χ1) is 10.2. The minimum Gasteiger partial charge on any atom is -0.372 e. The molecule has 22 heavy (non-hydrogen) atoms. The van der Waals surface area contributed by atoms with Gasteiger partial charge in [0, 0.05) is 11.8 Å². The molecule has 1 atom stereocenters. The summed E-state index contributed by atoms with van der Waals surface area (Å²) in [6.07, 6.45) is 0.864. The van der Waals surface area contributed by atoms with Crippen LogP contribution in [0.1, 0.15) is 11.1 Å². The van der Waals surface area contributed by atoms with E-state index in [2.05, 4.69) is 0 Å². The van der Waals surface area contributed by atoms with E-state index in [0.717, 1.165) is 24.5 Å². The minimum atomic E-state index is -3.75. The number of hydrogen-bond acceptors (Lipinski definition) is 4. The predicted octanol–water partition coefficient (Wildman–Crippen LogP) is 0.950. The molecule has 0 saturated heterocycles. The lowest BCUT2D eigenvalue weighted by Gasteiger charge is -2.26. The van der Waals surface area contributed by atoms with Gasteiger partial charge >= 0.3 is 0 Å². The van der Waals surface area contributed by atoms with Gasteiger partial charge in [0.1, 0.15) is 10.7 Å². The lowest BCUT2D eigenvalue weighted by atomic mass is 9.85. The molecule has 0 radical (unpaired) electrons. The minimum absolute atomic E-state index is 0.142. The lowest BCUT2D eigenvalue weighted by Crippen LogP contribution is -2.42. The highest BCUT2D eigenvalue weighted by Gasteiger charge is 2.38. The fourth-order valence-electron chi connectivity index (χ4n) is 2.16. The first-order valence-electron chi connectivity index (χ1n) is 6.25. The quantitative estimate of drug-likeness (QED) is 0.875. The van der Waals surface area contributed by atoms with Gasteiger partial charge in [-0.1, -0.05) is 36.4 Å². The highest BCUT2D eigenvalue weighted by atomic mass is 32.2. The van der Waals surface area contributed by atoms with Crippen molar-refractivity contribution in [2.24, 2.45) is 5.73 Å². The van der Waals surface area contributed by atoms with Gasteiger partial charge in [-0.25, -0.2) is 12.8 Å². The Morgan fingerprint density at radius 1 is 1.14 bits per heavy atom. The van der Waals surface area contributed by atoms with Crippen LogP contribution in [0.15, 0.2) is 53.4 Å². The van der Waals surface area contributed by atoms with Gasteiger partial charge in [0.25, 0.3) is 5.91 Å². The van der Waals surface area contributed by atoms with Crippen LogP contribution in [0.2, 0.25) is 0 Å². The zero-order chi connectivity index (χ0) is 16.5. The molecule has 3 N–H and O–H groups in total. The molecule has 2 rings (SSSR count). The Hall–Kier alpha value is -2.25. The standard InChI is InChI=1S/C15H14FNO4S/c1-22(20,21)13-8-7-11(9-12(13)16)15(19,14(17)18)10-5-3-2-4-6-10/h2-9,19H,1H3,(H2,17,18). The van der Waals surface area contributed by atoms with Crippen LogP contribution in [0, 0.1) is 5.82 Å². The number of nitrogens with two attached hydrogens (primary N) is 1. The molecule has 0 saturated carbocycles. The van der Waals surface area contributed by atoms with Crippen LogP contribution in [0.4, 0.5) is 4.39 Å². The van der Waals surface area contributed by atoms with Gasteiger partial charge in [-0.2, -0.15) is 0 Å². The van der Waals surface area contributed by atoms with Crippen LogP contribution < -0.4 is 5.73 Å². The fraction of sp³-hybridized carbons (Fsp3) is 0.133. The highest BCUT2D eigenvalue weighted by Crippen LogP contribution is 2.31. The summed E-state index contributed by atoms with van der Waals surface area (Å²) in [5, 5.41) is 10.7. The molecule has 0 fully saturated rings. The number of aliphatic hydroxyl groups is 1. The maximum Gasteiger partial charge on any atom is 0.258 e. The average Bonchev–Trinajstić information content (AvgIpc) is 2.45. The van der Waals surface area contributed by atoms with E-state index in [-0.39, 0.29) is 11.1 Å². The van der Waals surface area contributed by atoms with Crippen molar-refractivity contribution in [3.63, 3.8) is 0 Å². The molecule has 1 unspecified atom stereocenters. The second-order valence-corrected chi connectivity index (χ2v) is 6.84. The van der Waals surface area contributed by atoms with E-state index < -0.39 is 32.1 Å². The molecule has 0 bridgehead atoms. The second kappa shape index (κ2) is 5.51. The van der Waals surface area contributed by atoms with Crippen LogP contribution in [0.25, 0.3) is 0 Å². The summed E-state index contributed by atoms with van der Waals surface area (Å²) in [5.41, 5.74) is 3.05. The Morgan fingerprint density at radius 2 is 1.73 bits per heavy atom. The van der Waals surface area contributed by atoms with E-state index in [9.17, 15) is 22.7 Å². The molecule has 116 valence electrons. The van der Waals surface area contributed by atoms with E-state index >= 15 is 0 Å². The molecule has 7 heteroatoms. The number of rotatable bonds is 4. The third-order valence-electron chi connectivity index (χ3n) is 3.30. The van der Waals surface area contributed by atoms with E-state index in [0.29, 0.717) is 0 Å². The lowest BCUT2D eigenvalue weighted by molar-refractivity contribution is -0.133. The van der Waals surface area contributed by atoms with E-state index in [1.807, 2.05) is 0 Å². The summed E-state index contributed by atoms with van der Waals surface area (Å²) < 4.78 is 36.9. The highest BCUT2D eigenvalue weighted by molar-refractivity contribution is 7.90. The van der Waals surface area contributed by atoms with Crippen molar-refractivity contribution in [3.8, 4) is 0 Å². The number of sulfone groups is 1. The Balaban J connectivity index is 2.66. The monoisotopic (exact) mass is 323 g/mol. The van der Waals surface area contributed by atoms with Gasteiger partial charge < -0.3 is 10.8 Å².